The Hall–Kier alpha value is -5.86. The van der Waals surface area contributed by atoms with Gasteiger partial charge in [0.2, 0.25) is 0 Å². The lowest BCUT2D eigenvalue weighted by atomic mass is 9.91. The fourth-order valence-electron chi connectivity index (χ4n) is 6.64. The van der Waals surface area contributed by atoms with Crippen LogP contribution < -0.4 is 0 Å². The van der Waals surface area contributed by atoms with Crippen LogP contribution in [0.5, 0.6) is 0 Å². The number of pyridine rings is 2. The summed E-state index contributed by atoms with van der Waals surface area (Å²) in [7, 11) is 0. The minimum Gasteiger partial charge on any atom is -0.245 e. The molecule has 44 heavy (non-hydrogen) atoms. The first-order valence-corrected chi connectivity index (χ1v) is 15.0. The van der Waals surface area contributed by atoms with Gasteiger partial charge in [-0.25, -0.2) is 9.97 Å². The van der Waals surface area contributed by atoms with E-state index in [-0.39, 0.29) is 0 Å². The molecule has 0 spiro atoms. The van der Waals surface area contributed by atoms with E-state index in [4.69, 9.17) is 9.97 Å². The van der Waals surface area contributed by atoms with Crippen molar-refractivity contribution in [1.82, 2.24) is 9.97 Å². The Morgan fingerprint density at radius 3 is 1.36 bits per heavy atom. The molecule has 0 aliphatic rings. The zero-order valence-corrected chi connectivity index (χ0v) is 23.9. The topological polar surface area (TPSA) is 25.8 Å². The van der Waals surface area contributed by atoms with Crippen molar-refractivity contribution in [3.63, 3.8) is 0 Å². The molecule has 0 fully saturated rings. The molecule has 2 heterocycles. The SMILES string of the molecule is c1ccc(-c2ccc3ccc4ccc(-c5cccc(-c6ccc7c8ccccc8c8ccccc8c7c6)c5)nc4c3n2)cc1. The molecule has 0 saturated carbocycles. The van der Waals surface area contributed by atoms with Crippen LogP contribution in [0.3, 0.4) is 0 Å². The van der Waals surface area contributed by atoms with Gasteiger partial charge in [0.25, 0.3) is 0 Å². The van der Waals surface area contributed by atoms with Crippen molar-refractivity contribution in [2.75, 3.05) is 0 Å². The smallest absolute Gasteiger partial charge is 0.0972 e. The number of fused-ring (bicyclic) bond motifs is 9. The van der Waals surface area contributed by atoms with Crippen molar-refractivity contribution >= 4 is 54.1 Å². The third-order valence-electron chi connectivity index (χ3n) is 8.83. The van der Waals surface area contributed by atoms with Crippen molar-refractivity contribution < 1.29 is 0 Å². The van der Waals surface area contributed by atoms with Crippen LogP contribution in [0.15, 0.2) is 158 Å². The number of nitrogens with zero attached hydrogens (tertiary/aromatic N) is 2. The fraction of sp³-hybridized carbons (Fsp3) is 0. The van der Waals surface area contributed by atoms with Gasteiger partial charge in [-0.1, -0.05) is 133 Å². The molecular weight excluding hydrogens is 532 g/mol. The number of hydrogen-bond donors (Lipinski definition) is 0. The number of hydrogen-bond acceptors (Lipinski definition) is 2. The molecule has 204 valence electrons. The molecule has 0 aliphatic carbocycles. The number of aromatic nitrogens is 2. The largest absolute Gasteiger partial charge is 0.245 e. The first-order chi connectivity index (χ1) is 21.8. The maximum absolute atomic E-state index is 5.21. The highest BCUT2D eigenvalue weighted by atomic mass is 14.8. The minimum atomic E-state index is 0.923. The van der Waals surface area contributed by atoms with Crippen LogP contribution in [-0.2, 0) is 0 Å². The van der Waals surface area contributed by atoms with Gasteiger partial charge < -0.3 is 0 Å². The molecule has 2 heteroatoms. The van der Waals surface area contributed by atoms with Crippen LogP contribution in [0.1, 0.15) is 0 Å². The molecule has 9 aromatic rings. The molecular formula is C42H26N2. The van der Waals surface area contributed by atoms with Crippen molar-refractivity contribution in [1.29, 1.82) is 0 Å². The molecule has 9 rings (SSSR count). The molecule has 0 amide bonds. The predicted octanol–water partition coefficient (Wildman–Crippen LogP) is 11.2. The van der Waals surface area contributed by atoms with E-state index in [0.29, 0.717) is 0 Å². The van der Waals surface area contributed by atoms with Gasteiger partial charge in [0.1, 0.15) is 0 Å². The maximum Gasteiger partial charge on any atom is 0.0972 e. The van der Waals surface area contributed by atoms with Crippen molar-refractivity contribution in [3.05, 3.63) is 158 Å². The Bertz CT molecular complexity index is 2510. The Labute approximate surface area is 254 Å². The van der Waals surface area contributed by atoms with Crippen LogP contribution in [0, 0.1) is 0 Å². The molecule has 0 saturated heterocycles. The Kier molecular flexibility index (Phi) is 5.54. The second-order valence-corrected chi connectivity index (χ2v) is 11.4. The Balaban J connectivity index is 1.19. The van der Waals surface area contributed by atoms with Gasteiger partial charge >= 0.3 is 0 Å². The highest BCUT2D eigenvalue weighted by Gasteiger charge is 2.12. The number of benzene rings is 7. The molecule has 0 radical (unpaired) electrons. The van der Waals surface area contributed by atoms with E-state index in [1.807, 2.05) is 18.2 Å². The standard InChI is InChI=1S/C42H26N2/c1-2-9-27(10-3-1)39-23-20-28-17-18-29-21-24-40(44-42(29)41(28)43-39)32-12-8-11-30(25-32)31-19-22-37-35-15-5-4-13-33(35)34-14-6-7-16-36(34)38(37)26-31/h1-26H. The second-order valence-electron chi connectivity index (χ2n) is 11.4. The zero-order valence-electron chi connectivity index (χ0n) is 23.9. The van der Waals surface area contributed by atoms with Crippen LogP contribution in [0.25, 0.3) is 87.8 Å². The van der Waals surface area contributed by atoms with Gasteiger partial charge in [0.05, 0.1) is 22.4 Å². The van der Waals surface area contributed by atoms with Gasteiger partial charge in [-0.2, -0.15) is 0 Å². The summed E-state index contributed by atoms with van der Waals surface area (Å²) in [4.78, 5) is 10.3. The fourth-order valence-corrected chi connectivity index (χ4v) is 6.64. The summed E-state index contributed by atoms with van der Waals surface area (Å²) in [5.74, 6) is 0. The average Bonchev–Trinajstić information content (AvgIpc) is 3.11. The van der Waals surface area contributed by atoms with E-state index >= 15 is 0 Å². The summed E-state index contributed by atoms with van der Waals surface area (Å²) in [6.45, 7) is 0. The predicted molar refractivity (Wildman–Crippen MR) is 186 cm³/mol. The molecule has 0 bridgehead atoms. The molecule has 2 nitrogen and oxygen atoms in total. The zero-order chi connectivity index (χ0) is 29.0. The summed E-state index contributed by atoms with van der Waals surface area (Å²) in [5, 5.41) is 9.89. The minimum absolute atomic E-state index is 0.923. The lowest BCUT2D eigenvalue weighted by Crippen LogP contribution is -1.91. The van der Waals surface area contributed by atoms with E-state index in [9.17, 15) is 0 Å². The van der Waals surface area contributed by atoms with Gasteiger partial charge in [-0.3, -0.25) is 0 Å². The van der Waals surface area contributed by atoms with E-state index in [2.05, 4.69) is 140 Å². The lowest BCUT2D eigenvalue weighted by Gasteiger charge is -2.12. The average molecular weight is 559 g/mol. The molecule has 2 aromatic heterocycles. The van der Waals surface area contributed by atoms with Crippen LogP contribution in [0.2, 0.25) is 0 Å². The van der Waals surface area contributed by atoms with E-state index in [1.54, 1.807) is 0 Å². The molecule has 0 atom stereocenters. The van der Waals surface area contributed by atoms with Crippen LogP contribution >= 0.6 is 0 Å². The highest BCUT2D eigenvalue weighted by Crippen LogP contribution is 2.38. The summed E-state index contributed by atoms with van der Waals surface area (Å²) < 4.78 is 0. The molecule has 0 N–H and O–H groups in total. The first kappa shape index (κ1) is 24.7. The first-order valence-electron chi connectivity index (χ1n) is 15.0. The summed E-state index contributed by atoms with van der Waals surface area (Å²) in [6, 6.07) is 56.2. The molecule has 7 aromatic carbocycles. The van der Waals surface area contributed by atoms with Gasteiger partial charge in [0.15, 0.2) is 0 Å². The second kappa shape index (κ2) is 9.86. The van der Waals surface area contributed by atoms with Crippen molar-refractivity contribution in [2.24, 2.45) is 0 Å². The maximum atomic E-state index is 5.21. The van der Waals surface area contributed by atoms with Crippen LogP contribution in [-0.4, -0.2) is 9.97 Å². The number of rotatable bonds is 3. The Morgan fingerprint density at radius 1 is 0.273 bits per heavy atom. The van der Waals surface area contributed by atoms with Gasteiger partial charge in [0, 0.05) is 21.9 Å². The lowest BCUT2D eigenvalue weighted by molar-refractivity contribution is 1.36. The third kappa shape index (κ3) is 3.96. The quantitative estimate of drug-likeness (QED) is 0.202. The van der Waals surface area contributed by atoms with Gasteiger partial charge in [-0.05, 0) is 67.7 Å². The third-order valence-corrected chi connectivity index (χ3v) is 8.83. The molecule has 0 aliphatic heterocycles. The van der Waals surface area contributed by atoms with E-state index < -0.39 is 0 Å². The monoisotopic (exact) mass is 558 g/mol. The highest BCUT2D eigenvalue weighted by molar-refractivity contribution is 6.25. The van der Waals surface area contributed by atoms with Crippen LogP contribution in [0.4, 0.5) is 0 Å². The summed E-state index contributed by atoms with van der Waals surface area (Å²) in [5.41, 5.74) is 8.30. The van der Waals surface area contributed by atoms with E-state index in [1.165, 1.54) is 43.4 Å². The molecule has 0 unspecified atom stereocenters. The van der Waals surface area contributed by atoms with Gasteiger partial charge in [-0.15, -0.1) is 0 Å². The van der Waals surface area contributed by atoms with Crippen molar-refractivity contribution in [3.8, 4) is 33.6 Å². The summed E-state index contributed by atoms with van der Waals surface area (Å²) in [6.07, 6.45) is 0. The van der Waals surface area contributed by atoms with Crippen molar-refractivity contribution in [2.45, 2.75) is 0 Å². The Morgan fingerprint density at radius 2 is 0.727 bits per heavy atom. The normalized spacial score (nSPS) is 11.6. The summed E-state index contributed by atoms with van der Waals surface area (Å²) >= 11 is 0. The van der Waals surface area contributed by atoms with E-state index in [0.717, 1.165) is 44.3 Å².